The first-order valence-corrected chi connectivity index (χ1v) is 5.48. The van der Waals surface area contributed by atoms with Gasteiger partial charge in [0.25, 0.3) is 0 Å². The van der Waals surface area contributed by atoms with Crippen molar-refractivity contribution in [1.29, 1.82) is 0 Å². The number of aromatic nitrogens is 2. The molecular formula is C12H12F3N3O. The first-order chi connectivity index (χ1) is 8.68. The summed E-state index contributed by atoms with van der Waals surface area (Å²) >= 11 is 0. The lowest BCUT2D eigenvalue weighted by atomic mass is 10.1. The molecule has 4 nitrogen and oxygen atoms in total. The minimum atomic E-state index is -4.41. The zero-order valence-electron chi connectivity index (χ0n) is 10.3. The second-order valence-corrected chi connectivity index (χ2v) is 4.72. The highest BCUT2D eigenvalue weighted by molar-refractivity contribution is 5.55. The molecule has 0 saturated heterocycles. The van der Waals surface area contributed by atoms with Gasteiger partial charge in [-0.25, -0.2) is 0 Å². The van der Waals surface area contributed by atoms with E-state index in [2.05, 4.69) is 10.1 Å². The number of nitrogens with zero attached hydrogens (tertiary/aromatic N) is 2. The Morgan fingerprint density at radius 1 is 1.21 bits per heavy atom. The second kappa shape index (κ2) is 4.34. The highest BCUT2D eigenvalue weighted by Crippen LogP contribution is 2.31. The lowest BCUT2D eigenvalue weighted by Gasteiger charge is -2.10. The number of nitrogens with two attached hydrogens (primary N) is 1. The van der Waals surface area contributed by atoms with E-state index in [1.165, 1.54) is 12.1 Å². The number of benzene rings is 1. The number of alkyl halides is 3. The van der Waals surface area contributed by atoms with Crippen LogP contribution in [0.5, 0.6) is 0 Å². The summed E-state index contributed by atoms with van der Waals surface area (Å²) in [5, 5.41) is 3.64. The van der Waals surface area contributed by atoms with Crippen molar-refractivity contribution in [3.8, 4) is 11.4 Å². The van der Waals surface area contributed by atoms with Crippen LogP contribution in [0.4, 0.5) is 13.2 Å². The van der Waals surface area contributed by atoms with E-state index in [4.69, 9.17) is 10.3 Å². The second-order valence-electron chi connectivity index (χ2n) is 4.72. The van der Waals surface area contributed by atoms with Crippen LogP contribution in [0.25, 0.3) is 11.4 Å². The summed E-state index contributed by atoms with van der Waals surface area (Å²) in [6.45, 7) is 3.33. The molecule has 102 valence electrons. The van der Waals surface area contributed by atoms with Gasteiger partial charge < -0.3 is 10.3 Å². The zero-order valence-corrected chi connectivity index (χ0v) is 10.3. The van der Waals surface area contributed by atoms with E-state index in [0.29, 0.717) is 0 Å². The molecule has 0 atom stereocenters. The van der Waals surface area contributed by atoms with Gasteiger partial charge in [-0.2, -0.15) is 18.2 Å². The molecule has 0 bridgehead atoms. The molecule has 0 saturated carbocycles. The SMILES string of the molecule is CC(C)(N)c1nc(-c2cccc(C(F)(F)F)c2)no1. The van der Waals surface area contributed by atoms with Gasteiger partial charge in [-0.15, -0.1) is 0 Å². The lowest BCUT2D eigenvalue weighted by molar-refractivity contribution is -0.137. The van der Waals surface area contributed by atoms with Crippen molar-refractivity contribution in [2.45, 2.75) is 25.6 Å². The van der Waals surface area contributed by atoms with E-state index >= 15 is 0 Å². The van der Waals surface area contributed by atoms with E-state index < -0.39 is 17.3 Å². The molecule has 1 aromatic carbocycles. The molecule has 0 unspecified atom stereocenters. The van der Waals surface area contributed by atoms with E-state index in [-0.39, 0.29) is 17.3 Å². The van der Waals surface area contributed by atoms with Crippen LogP contribution in [0.3, 0.4) is 0 Å². The summed E-state index contributed by atoms with van der Waals surface area (Å²) in [7, 11) is 0. The molecule has 1 aromatic heterocycles. The van der Waals surface area contributed by atoms with E-state index in [1.807, 2.05) is 0 Å². The maximum Gasteiger partial charge on any atom is 0.416 e. The van der Waals surface area contributed by atoms with Crippen LogP contribution in [0.2, 0.25) is 0 Å². The van der Waals surface area contributed by atoms with Crippen molar-refractivity contribution in [2.24, 2.45) is 5.73 Å². The Balaban J connectivity index is 2.40. The predicted octanol–water partition coefficient (Wildman–Crippen LogP) is 2.95. The summed E-state index contributed by atoms with van der Waals surface area (Å²) in [5.41, 5.74) is 4.40. The normalized spacial score (nSPS) is 12.7. The average molecular weight is 271 g/mol. The average Bonchev–Trinajstić information content (AvgIpc) is 2.77. The maximum atomic E-state index is 12.6. The van der Waals surface area contributed by atoms with Gasteiger partial charge in [0.2, 0.25) is 11.7 Å². The summed E-state index contributed by atoms with van der Waals surface area (Å²) in [6.07, 6.45) is -4.41. The molecule has 2 rings (SSSR count). The molecule has 2 N–H and O–H groups in total. The summed E-state index contributed by atoms with van der Waals surface area (Å²) in [4.78, 5) is 4.00. The molecule has 19 heavy (non-hydrogen) atoms. The fourth-order valence-corrected chi connectivity index (χ4v) is 1.44. The highest BCUT2D eigenvalue weighted by atomic mass is 19.4. The van der Waals surface area contributed by atoms with Crippen LogP contribution < -0.4 is 5.73 Å². The van der Waals surface area contributed by atoms with Crippen molar-refractivity contribution in [3.05, 3.63) is 35.7 Å². The van der Waals surface area contributed by atoms with Gasteiger partial charge in [0.15, 0.2) is 0 Å². The first-order valence-electron chi connectivity index (χ1n) is 5.48. The third kappa shape index (κ3) is 2.93. The van der Waals surface area contributed by atoms with Crippen LogP contribution in [0.1, 0.15) is 25.3 Å². The van der Waals surface area contributed by atoms with Gasteiger partial charge >= 0.3 is 6.18 Å². The van der Waals surface area contributed by atoms with Gasteiger partial charge in [0.05, 0.1) is 11.1 Å². The Morgan fingerprint density at radius 2 is 1.89 bits per heavy atom. The standard InChI is InChI=1S/C12H12F3N3O/c1-11(2,16)10-17-9(18-19-10)7-4-3-5-8(6-7)12(13,14)15/h3-6H,16H2,1-2H3. The molecule has 0 spiro atoms. The molecule has 7 heteroatoms. The topological polar surface area (TPSA) is 64.9 Å². The molecule has 0 aliphatic rings. The molecule has 0 aliphatic heterocycles. The van der Waals surface area contributed by atoms with Crippen LogP contribution in [-0.4, -0.2) is 10.1 Å². The van der Waals surface area contributed by atoms with Crippen molar-refractivity contribution >= 4 is 0 Å². The third-order valence-electron chi connectivity index (χ3n) is 2.43. The first kappa shape index (κ1) is 13.5. The lowest BCUT2D eigenvalue weighted by Crippen LogP contribution is -2.28. The highest BCUT2D eigenvalue weighted by Gasteiger charge is 2.31. The van der Waals surface area contributed by atoms with Crippen LogP contribution in [0, 0.1) is 0 Å². The third-order valence-corrected chi connectivity index (χ3v) is 2.43. The van der Waals surface area contributed by atoms with Crippen LogP contribution in [0.15, 0.2) is 28.8 Å². The predicted molar refractivity (Wildman–Crippen MR) is 61.9 cm³/mol. The zero-order chi connectivity index (χ0) is 14.3. The molecule has 0 aliphatic carbocycles. The van der Waals surface area contributed by atoms with E-state index in [9.17, 15) is 13.2 Å². The quantitative estimate of drug-likeness (QED) is 0.912. The fraction of sp³-hybridized carbons (Fsp3) is 0.333. The van der Waals surface area contributed by atoms with E-state index in [0.717, 1.165) is 12.1 Å². The van der Waals surface area contributed by atoms with Crippen molar-refractivity contribution < 1.29 is 17.7 Å². The molecule has 1 heterocycles. The maximum absolute atomic E-state index is 12.6. The van der Waals surface area contributed by atoms with E-state index in [1.54, 1.807) is 13.8 Å². The Kier molecular flexibility index (Phi) is 3.09. The van der Waals surface area contributed by atoms with Crippen molar-refractivity contribution in [2.75, 3.05) is 0 Å². The Labute approximate surface area is 107 Å². The van der Waals surface area contributed by atoms with Crippen LogP contribution >= 0.6 is 0 Å². The number of rotatable bonds is 2. The van der Waals surface area contributed by atoms with Crippen molar-refractivity contribution in [3.63, 3.8) is 0 Å². The van der Waals surface area contributed by atoms with Gasteiger partial charge in [0.1, 0.15) is 0 Å². The van der Waals surface area contributed by atoms with Gasteiger partial charge in [0, 0.05) is 5.56 Å². The number of hydrogen-bond acceptors (Lipinski definition) is 4. The van der Waals surface area contributed by atoms with Gasteiger partial charge in [-0.3, -0.25) is 0 Å². The largest absolute Gasteiger partial charge is 0.416 e. The Morgan fingerprint density at radius 3 is 2.42 bits per heavy atom. The van der Waals surface area contributed by atoms with Crippen LogP contribution in [-0.2, 0) is 11.7 Å². The number of hydrogen-bond donors (Lipinski definition) is 1. The summed E-state index contributed by atoms with van der Waals surface area (Å²) in [6, 6.07) is 4.73. The van der Waals surface area contributed by atoms with Gasteiger partial charge in [-0.05, 0) is 26.0 Å². The fourth-order valence-electron chi connectivity index (χ4n) is 1.44. The molecule has 0 radical (unpaired) electrons. The summed E-state index contributed by atoms with van der Waals surface area (Å²) < 4.78 is 42.7. The smallest absolute Gasteiger partial charge is 0.337 e. The minimum absolute atomic E-state index is 0.0830. The summed E-state index contributed by atoms with van der Waals surface area (Å²) in [5.74, 6) is 0.250. The monoisotopic (exact) mass is 271 g/mol. The molecule has 2 aromatic rings. The molecule has 0 fully saturated rings. The van der Waals surface area contributed by atoms with Crippen molar-refractivity contribution in [1.82, 2.24) is 10.1 Å². The Bertz CT molecular complexity index is 584. The minimum Gasteiger partial charge on any atom is -0.337 e. The molecule has 0 amide bonds. The Hall–Kier alpha value is -1.89. The number of halogens is 3. The molecular weight excluding hydrogens is 259 g/mol. The van der Waals surface area contributed by atoms with Gasteiger partial charge in [-0.1, -0.05) is 17.3 Å².